The van der Waals surface area contributed by atoms with Gasteiger partial charge in [0.25, 0.3) is 5.91 Å². The van der Waals surface area contributed by atoms with Crippen LogP contribution in [0.3, 0.4) is 0 Å². The summed E-state index contributed by atoms with van der Waals surface area (Å²) in [6, 6.07) is 16.5. The Morgan fingerprint density at radius 2 is 1.89 bits per heavy atom. The quantitative estimate of drug-likeness (QED) is 0.860. The Morgan fingerprint density at radius 3 is 2.64 bits per heavy atom. The van der Waals surface area contributed by atoms with Gasteiger partial charge in [-0.3, -0.25) is 14.6 Å². The Labute approximate surface area is 167 Å². The molecule has 2 aromatic rings. The largest absolute Gasteiger partial charge is 0.325 e. The standard InChI is InChI=1S/C21H20N4O2S/c1-3-17(19(26)23-14-9-5-4-6-10-14)28-21-24-16-12-8-7-11-15(16)18-22-13(2)20(27)25(18)21/h4-13,17H,3H2,1-2H3,(H,23,26)/t13-,17+/m0/s1. The number of hydrogen-bond acceptors (Lipinski definition) is 5. The summed E-state index contributed by atoms with van der Waals surface area (Å²) in [7, 11) is 0. The van der Waals surface area contributed by atoms with E-state index in [4.69, 9.17) is 0 Å². The van der Waals surface area contributed by atoms with Crippen molar-refractivity contribution in [1.29, 1.82) is 0 Å². The first kappa shape index (κ1) is 18.4. The van der Waals surface area contributed by atoms with Gasteiger partial charge in [-0.05, 0) is 37.6 Å². The molecule has 0 radical (unpaired) electrons. The monoisotopic (exact) mass is 392 g/mol. The van der Waals surface area contributed by atoms with Crippen LogP contribution in [-0.2, 0) is 9.59 Å². The highest BCUT2D eigenvalue weighted by molar-refractivity contribution is 8.15. The molecular weight excluding hydrogens is 372 g/mol. The predicted molar refractivity (Wildman–Crippen MR) is 113 cm³/mol. The van der Waals surface area contributed by atoms with E-state index in [9.17, 15) is 9.59 Å². The van der Waals surface area contributed by atoms with Crippen molar-refractivity contribution < 1.29 is 9.59 Å². The van der Waals surface area contributed by atoms with E-state index >= 15 is 0 Å². The van der Waals surface area contributed by atoms with Gasteiger partial charge in [0.15, 0.2) is 5.17 Å². The number of aliphatic imine (C=N–C) groups is 2. The molecule has 6 nitrogen and oxygen atoms in total. The molecule has 2 aliphatic heterocycles. The molecule has 4 rings (SSSR count). The van der Waals surface area contributed by atoms with E-state index in [1.807, 2.05) is 61.5 Å². The summed E-state index contributed by atoms with van der Waals surface area (Å²) >= 11 is 1.30. The van der Waals surface area contributed by atoms with Crippen molar-refractivity contribution in [2.75, 3.05) is 5.32 Å². The fourth-order valence-corrected chi connectivity index (χ4v) is 4.17. The average molecular weight is 392 g/mol. The molecule has 2 heterocycles. The summed E-state index contributed by atoms with van der Waals surface area (Å²) < 4.78 is 0. The van der Waals surface area contributed by atoms with Crippen LogP contribution in [0.5, 0.6) is 0 Å². The van der Waals surface area contributed by atoms with Gasteiger partial charge in [-0.25, -0.2) is 9.89 Å². The third-order valence-corrected chi connectivity index (χ3v) is 5.93. The Kier molecular flexibility index (Phi) is 5.00. The molecule has 0 saturated heterocycles. The summed E-state index contributed by atoms with van der Waals surface area (Å²) in [4.78, 5) is 36.2. The van der Waals surface area contributed by atoms with Gasteiger partial charge in [0.2, 0.25) is 5.91 Å². The Balaban J connectivity index is 1.62. The van der Waals surface area contributed by atoms with E-state index in [2.05, 4.69) is 15.3 Å². The Hall–Kier alpha value is -2.93. The van der Waals surface area contributed by atoms with Crippen LogP contribution in [0, 0.1) is 0 Å². The van der Waals surface area contributed by atoms with Crippen LogP contribution in [0.2, 0.25) is 0 Å². The highest BCUT2D eigenvalue weighted by Crippen LogP contribution is 2.35. The fourth-order valence-electron chi connectivity index (χ4n) is 3.15. The van der Waals surface area contributed by atoms with Gasteiger partial charge in [-0.1, -0.05) is 49.0 Å². The third kappa shape index (κ3) is 3.33. The summed E-state index contributed by atoms with van der Waals surface area (Å²) in [5.74, 6) is 0.386. The lowest BCUT2D eigenvalue weighted by Gasteiger charge is -2.27. The number of amidine groups is 2. The molecule has 28 heavy (non-hydrogen) atoms. The molecule has 1 N–H and O–H groups in total. The van der Waals surface area contributed by atoms with Gasteiger partial charge in [0.1, 0.15) is 11.9 Å². The van der Waals surface area contributed by atoms with E-state index < -0.39 is 6.04 Å². The number of thioether (sulfide) groups is 1. The Bertz CT molecular complexity index is 987. The second-order valence-electron chi connectivity index (χ2n) is 6.58. The number of fused-ring (bicyclic) bond motifs is 3. The first-order valence-electron chi connectivity index (χ1n) is 9.21. The van der Waals surface area contributed by atoms with Crippen molar-refractivity contribution in [3.05, 3.63) is 60.2 Å². The summed E-state index contributed by atoms with van der Waals surface area (Å²) in [5.41, 5.74) is 2.35. The number of nitrogens with one attached hydrogen (secondary N) is 1. The van der Waals surface area contributed by atoms with Gasteiger partial charge in [-0.15, -0.1) is 0 Å². The molecular formula is C21H20N4O2S. The van der Waals surface area contributed by atoms with Gasteiger partial charge in [-0.2, -0.15) is 0 Å². The lowest BCUT2D eigenvalue weighted by molar-refractivity contribution is -0.124. The zero-order valence-electron chi connectivity index (χ0n) is 15.6. The van der Waals surface area contributed by atoms with Crippen LogP contribution in [0.1, 0.15) is 25.8 Å². The van der Waals surface area contributed by atoms with Crippen LogP contribution >= 0.6 is 11.8 Å². The molecule has 0 fully saturated rings. The van der Waals surface area contributed by atoms with Gasteiger partial charge < -0.3 is 5.32 Å². The third-order valence-electron chi connectivity index (χ3n) is 4.61. The normalized spacial score (nSPS) is 18.7. The van der Waals surface area contributed by atoms with E-state index in [0.29, 0.717) is 17.4 Å². The van der Waals surface area contributed by atoms with Gasteiger partial charge in [0, 0.05) is 11.3 Å². The number of rotatable bonds is 4. The van der Waals surface area contributed by atoms with Crippen LogP contribution in [-0.4, -0.2) is 39.0 Å². The number of anilines is 1. The van der Waals surface area contributed by atoms with Crippen molar-refractivity contribution in [2.24, 2.45) is 9.98 Å². The maximum atomic E-state index is 12.8. The second kappa shape index (κ2) is 7.59. The van der Waals surface area contributed by atoms with E-state index in [1.165, 1.54) is 11.8 Å². The summed E-state index contributed by atoms with van der Waals surface area (Å²) in [6.45, 7) is 3.72. The molecule has 0 bridgehead atoms. The van der Waals surface area contributed by atoms with Gasteiger partial charge >= 0.3 is 0 Å². The maximum absolute atomic E-state index is 12.8. The molecule has 0 aliphatic carbocycles. The Morgan fingerprint density at radius 1 is 1.18 bits per heavy atom. The first-order chi connectivity index (χ1) is 13.6. The van der Waals surface area contributed by atoms with E-state index in [-0.39, 0.29) is 17.1 Å². The van der Waals surface area contributed by atoms with Crippen molar-refractivity contribution in [3.8, 4) is 0 Å². The number of carbonyl (C=O) groups excluding carboxylic acids is 2. The van der Waals surface area contributed by atoms with E-state index in [1.54, 1.807) is 11.8 Å². The maximum Gasteiger partial charge on any atom is 0.258 e. The SMILES string of the molecule is CC[C@@H](SC1=Nc2ccccc2C2=N[C@@H](C)C(=O)N12)C(=O)Nc1ccccc1. The number of benzene rings is 2. The molecule has 2 aliphatic rings. The number of carbonyl (C=O) groups is 2. The number of nitrogens with zero attached hydrogens (tertiary/aromatic N) is 3. The zero-order valence-corrected chi connectivity index (χ0v) is 16.4. The molecule has 0 unspecified atom stereocenters. The minimum atomic E-state index is -0.454. The minimum absolute atomic E-state index is 0.113. The van der Waals surface area contributed by atoms with E-state index in [0.717, 1.165) is 16.9 Å². The first-order valence-corrected chi connectivity index (χ1v) is 10.1. The van der Waals surface area contributed by atoms with Crippen LogP contribution < -0.4 is 5.32 Å². The highest BCUT2D eigenvalue weighted by atomic mass is 32.2. The molecule has 2 amide bonds. The second-order valence-corrected chi connectivity index (χ2v) is 7.75. The highest BCUT2D eigenvalue weighted by Gasteiger charge is 2.40. The summed E-state index contributed by atoms with van der Waals surface area (Å²) in [5, 5.41) is 3.05. The predicted octanol–water partition coefficient (Wildman–Crippen LogP) is 3.82. The minimum Gasteiger partial charge on any atom is -0.325 e. The zero-order chi connectivity index (χ0) is 19.7. The molecule has 2 aromatic carbocycles. The smallest absolute Gasteiger partial charge is 0.258 e. The van der Waals surface area contributed by atoms with Crippen LogP contribution in [0.4, 0.5) is 11.4 Å². The number of amides is 2. The lowest BCUT2D eigenvalue weighted by atomic mass is 10.1. The number of hydrogen-bond donors (Lipinski definition) is 1. The lowest BCUT2D eigenvalue weighted by Crippen LogP contribution is -2.42. The molecule has 0 saturated carbocycles. The van der Waals surface area contributed by atoms with Gasteiger partial charge in [0.05, 0.1) is 10.9 Å². The van der Waals surface area contributed by atoms with Crippen LogP contribution in [0.25, 0.3) is 0 Å². The molecule has 0 spiro atoms. The summed E-state index contributed by atoms with van der Waals surface area (Å²) in [6.07, 6.45) is 0.605. The fraction of sp³-hybridized carbons (Fsp3) is 0.238. The van der Waals surface area contributed by atoms with Crippen LogP contribution in [0.15, 0.2) is 64.6 Å². The van der Waals surface area contributed by atoms with Crippen molar-refractivity contribution in [1.82, 2.24) is 4.90 Å². The van der Waals surface area contributed by atoms with Crippen molar-refractivity contribution in [3.63, 3.8) is 0 Å². The molecule has 142 valence electrons. The molecule has 7 heteroatoms. The number of para-hydroxylation sites is 2. The average Bonchev–Trinajstić information content (AvgIpc) is 3.02. The van der Waals surface area contributed by atoms with Crippen molar-refractivity contribution in [2.45, 2.75) is 31.6 Å². The molecule has 0 aromatic heterocycles. The topological polar surface area (TPSA) is 74.1 Å². The van der Waals surface area contributed by atoms with Crippen molar-refractivity contribution >= 4 is 46.0 Å². The molecule has 2 atom stereocenters.